The van der Waals surface area contributed by atoms with Crippen LogP contribution >= 0.6 is 0 Å². The largest absolute Gasteiger partial charge is 0.485 e. The van der Waals surface area contributed by atoms with Gasteiger partial charge >= 0.3 is 5.97 Å². The predicted molar refractivity (Wildman–Crippen MR) is 78.3 cm³/mol. The van der Waals surface area contributed by atoms with Crippen LogP contribution in [0.15, 0.2) is 53.1 Å². The third-order valence-corrected chi connectivity index (χ3v) is 3.11. The Bertz CT molecular complexity index is 790. The number of ether oxygens (including phenoxy) is 1. The number of carboxylic acid groups (broad SMARTS) is 1. The van der Waals surface area contributed by atoms with E-state index in [-0.39, 0.29) is 18.1 Å². The Morgan fingerprint density at radius 2 is 2.05 bits per heavy atom. The molecule has 0 aliphatic carbocycles. The molecule has 0 aliphatic rings. The van der Waals surface area contributed by atoms with Crippen LogP contribution in [0.4, 0.5) is 0 Å². The molecular formula is C16H14N2O4. The molecule has 0 bridgehead atoms. The Morgan fingerprint density at radius 3 is 2.68 bits per heavy atom. The minimum atomic E-state index is -1.13. The van der Waals surface area contributed by atoms with Crippen LogP contribution in [0.2, 0.25) is 0 Å². The molecule has 1 N–H and O–H groups in total. The van der Waals surface area contributed by atoms with Crippen LogP contribution in [0.3, 0.4) is 0 Å². The minimum Gasteiger partial charge on any atom is -0.485 e. The van der Waals surface area contributed by atoms with Gasteiger partial charge in [0.2, 0.25) is 5.88 Å². The van der Waals surface area contributed by atoms with Gasteiger partial charge in [0.15, 0.2) is 11.4 Å². The molecule has 2 heterocycles. The van der Waals surface area contributed by atoms with Crippen LogP contribution in [0.5, 0.6) is 5.75 Å². The van der Waals surface area contributed by atoms with Crippen molar-refractivity contribution in [2.24, 2.45) is 0 Å². The highest BCUT2D eigenvalue weighted by Crippen LogP contribution is 2.23. The lowest BCUT2D eigenvalue weighted by atomic mass is 10.2. The second-order valence-corrected chi connectivity index (χ2v) is 4.73. The first-order valence-electron chi connectivity index (χ1n) is 6.70. The maximum atomic E-state index is 11.5. The van der Waals surface area contributed by atoms with E-state index in [0.717, 1.165) is 5.56 Å². The Labute approximate surface area is 126 Å². The Hall–Kier alpha value is -3.02. The molecular weight excluding hydrogens is 284 g/mol. The van der Waals surface area contributed by atoms with Gasteiger partial charge < -0.3 is 14.3 Å². The Kier molecular flexibility index (Phi) is 3.65. The van der Waals surface area contributed by atoms with Crippen molar-refractivity contribution in [1.82, 2.24) is 9.78 Å². The van der Waals surface area contributed by atoms with Gasteiger partial charge in [0, 0.05) is 6.07 Å². The molecule has 0 aliphatic heterocycles. The molecule has 0 saturated heterocycles. The van der Waals surface area contributed by atoms with Crippen molar-refractivity contribution in [3.8, 4) is 11.6 Å². The fourth-order valence-electron chi connectivity index (χ4n) is 2.07. The zero-order chi connectivity index (χ0) is 15.5. The number of carbonyl (C=O) groups is 1. The molecule has 0 spiro atoms. The molecule has 112 valence electrons. The van der Waals surface area contributed by atoms with Gasteiger partial charge in [-0.3, -0.25) is 0 Å². The lowest BCUT2D eigenvalue weighted by Gasteiger charge is -2.06. The Morgan fingerprint density at radius 1 is 1.27 bits per heavy atom. The number of hydrogen-bond acceptors (Lipinski definition) is 4. The third-order valence-electron chi connectivity index (χ3n) is 3.11. The topological polar surface area (TPSA) is 77.5 Å². The van der Waals surface area contributed by atoms with E-state index >= 15 is 0 Å². The fourth-order valence-corrected chi connectivity index (χ4v) is 2.07. The zero-order valence-electron chi connectivity index (χ0n) is 11.9. The third kappa shape index (κ3) is 2.71. The molecule has 0 saturated carbocycles. The van der Waals surface area contributed by atoms with Crippen LogP contribution in [0.1, 0.15) is 21.8 Å². The summed E-state index contributed by atoms with van der Waals surface area (Å²) in [4.78, 5) is 11.5. The first-order valence-corrected chi connectivity index (χ1v) is 6.70. The van der Waals surface area contributed by atoms with Crippen molar-refractivity contribution in [3.63, 3.8) is 0 Å². The van der Waals surface area contributed by atoms with E-state index in [1.54, 1.807) is 19.1 Å². The van der Waals surface area contributed by atoms with Crippen LogP contribution in [-0.4, -0.2) is 20.9 Å². The highest BCUT2D eigenvalue weighted by Gasteiger charge is 2.22. The summed E-state index contributed by atoms with van der Waals surface area (Å²) >= 11 is 0. The van der Waals surface area contributed by atoms with E-state index in [1.165, 1.54) is 10.9 Å². The number of furan rings is 1. The predicted octanol–water partition coefficient (Wildman–Crippen LogP) is 3.05. The molecule has 3 rings (SSSR count). The van der Waals surface area contributed by atoms with E-state index in [1.807, 2.05) is 30.3 Å². The molecule has 0 radical (unpaired) electrons. The SMILES string of the molecule is Cc1ccc(-n2ncc(OCc3ccccc3)c2C(=O)O)o1. The maximum absolute atomic E-state index is 11.5. The van der Waals surface area contributed by atoms with Gasteiger partial charge in [-0.15, -0.1) is 0 Å². The first-order chi connectivity index (χ1) is 10.6. The highest BCUT2D eigenvalue weighted by atomic mass is 16.5. The van der Waals surface area contributed by atoms with Gasteiger partial charge in [-0.2, -0.15) is 9.78 Å². The lowest BCUT2D eigenvalue weighted by molar-refractivity contribution is 0.0680. The molecule has 0 atom stereocenters. The summed E-state index contributed by atoms with van der Waals surface area (Å²) in [5.74, 6) is 0.0816. The van der Waals surface area contributed by atoms with Crippen molar-refractivity contribution in [1.29, 1.82) is 0 Å². The molecule has 22 heavy (non-hydrogen) atoms. The molecule has 6 heteroatoms. The fraction of sp³-hybridized carbons (Fsp3) is 0.125. The second-order valence-electron chi connectivity index (χ2n) is 4.73. The normalized spacial score (nSPS) is 10.6. The van der Waals surface area contributed by atoms with Gasteiger partial charge in [0.05, 0.1) is 6.20 Å². The smallest absolute Gasteiger partial charge is 0.358 e. The number of nitrogens with zero attached hydrogens (tertiary/aromatic N) is 2. The molecule has 3 aromatic rings. The summed E-state index contributed by atoms with van der Waals surface area (Å²) in [5.41, 5.74) is 0.880. The average Bonchev–Trinajstić information content (AvgIpc) is 3.12. The number of aromatic nitrogens is 2. The standard InChI is InChI=1S/C16H14N2O4/c1-11-7-8-14(22-11)18-15(16(19)20)13(9-17-18)21-10-12-5-3-2-4-6-12/h2-9H,10H2,1H3,(H,19,20). The summed E-state index contributed by atoms with van der Waals surface area (Å²) in [6, 6.07) is 12.9. The van der Waals surface area contributed by atoms with Crippen molar-refractivity contribution >= 4 is 5.97 Å². The minimum absolute atomic E-state index is 0.0646. The zero-order valence-corrected chi connectivity index (χ0v) is 11.9. The Balaban J connectivity index is 1.89. The number of benzene rings is 1. The highest BCUT2D eigenvalue weighted by molar-refractivity contribution is 5.89. The van der Waals surface area contributed by atoms with Crippen LogP contribution in [-0.2, 0) is 6.61 Å². The lowest BCUT2D eigenvalue weighted by Crippen LogP contribution is -2.09. The molecule has 0 amide bonds. The number of hydrogen-bond donors (Lipinski definition) is 1. The van der Waals surface area contributed by atoms with Gasteiger partial charge in [0.1, 0.15) is 12.4 Å². The van der Waals surface area contributed by atoms with Gasteiger partial charge in [-0.1, -0.05) is 30.3 Å². The van der Waals surface area contributed by atoms with Crippen LogP contribution < -0.4 is 4.74 Å². The molecule has 0 fully saturated rings. The second kappa shape index (κ2) is 5.77. The van der Waals surface area contributed by atoms with Crippen molar-refractivity contribution in [3.05, 3.63) is 65.7 Å². The maximum Gasteiger partial charge on any atom is 0.358 e. The van der Waals surface area contributed by atoms with E-state index in [0.29, 0.717) is 11.6 Å². The van der Waals surface area contributed by atoms with Crippen LogP contribution in [0, 0.1) is 6.92 Å². The summed E-state index contributed by atoms with van der Waals surface area (Å²) in [7, 11) is 0. The van der Waals surface area contributed by atoms with E-state index in [2.05, 4.69) is 5.10 Å². The van der Waals surface area contributed by atoms with Crippen molar-refractivity contribution in [2.45, 2.75) is 13.5 Å². The molecule has 6 nitrogen and oxygen atoms in total. The van der Waals surface area contributed by atoms with Crippen molar-refractivity contribution in [2.75, 3.05) is 0 Å². The number of rotatable bonds is 5. The molecule has 1 aromatic carbocycles. The van der Waals surface area contributed by atoms with E-state index in [4.69, 9.17) is 9.15 Å². The number of carboxylic acids is 1. The average molecular weight is 298 g/mol. The molecule has 0 unspecified atom stereocenters. The summed E-state index contributed by atoms with van der Waals surface area (Å²) in [5, 5.41) is 13.5. The number of aryl methyl sites for hydroxylation is 1. The van der Waals surface area contributed by atoms with E-state index in [9.17, 15) is 9.90 Å². The molecule has 2 aromatic heterocycles. The quantitative estimate of drug-likeness (QED) is 0.783. The summed E-state index contributed by atoms with van der Waals surface area (Å²) < 4.78 is 12.2. The van der Waals surface area contributed by atoms with Crippen molar-refractivity contribution < 1.29 is 19.1 Å². The number of aromatic carboxylic acids is 1. The van der Waals surface area contributed by atoms with Gasteiger partial charge in [-0.05, 0) is 18.6 Å². The first kappa shape index (κ1) is 13.9. The summed E-state index contributed by atoms with van der Waals surface area (Å²) in [6.45, 7) is 2.05. The monoisotopic (exact) mass is 298 g/mol. The van der Waals surface area contributed by atoms with Crippen LogP contribution in [0.25, 0.3) is 5.88 Å². The van der Waals surface area contributed by atoms with Gasteiger partial charge in [-0.25, -0.2) is 4.79 Å². The van der Waals surface area contributed by atoms with Gasteiger partial charge in [0.25, 0.3) is 0 Å². The van der Waals surface area contributed by atoms with E-state index < -0.39 is 5.97 Å². The summed E-state index contributed by atoms with van der Waals surface area (Å²) in [6.07, 6.45) is 1.38.